The van der Waals surface area contributed by atoms with Crippen molar-refractivity contribution < 1.29 is 9.90 Å². The van der Waals surface area contributed by atoms with E-state index in [0.717, 1.165) is 0 Å². The lowest BCUT2D eigenvalue weighted by molar-refractivity contribution is 0.102. The van der Waals surface area contributed by atoms with E-state index in [9.17, 15) is 9.90 Å². The average molecular weight is 261 g/mol. The minimum atomic E-state index is -0.420. The van der Waals surface area contributed by atoms with Gasteiger partial charge in [0.25, 0.3) is 5.91 Å². The number of rotatable bonds is 2. The number of carbonyl (C=O) groups excluding carboxylic acids is 1. The maximum atomic E-state index is 12.2. The van der Waals surface area contributed by atoms with Crippen LogP contribution in [0.3, 0.4) is 0 Å². The lowest BCUT2D eigenvalue weighted by atomic mass is 10.0. The van der Waals surface area contributed by atoms with Crippen LogP contribution in [0.5, 0.6) is 5.75 Å². The number of amides is 1. The Kier molecular flexibility index (Phi) is 3.75. The highest BCUT2D eigenvalue weighted by Crippen LogP contribution is 2.23. The van der Waals surface area contributed by atoms with E-state index >= 15 is 0 Å². The van der Waals surface area contributed by atoms with Crippen LogP contribution in [0.25, 0.3) is 0 Å². The van der Waals surface area contributed by atoms with E-state index in [1.165, 1.54) is 6.07 Å². The van der Waals surface area contributed by atoms with Gasteiger partial charge in [-0.1, -0.05) is 24.0 Å². The normalized spacial score (nSPS) is 9.30. The lowest BCUT2D eigenvalue weighted by Gasteiger charge is -2.09. The predicted molar refractivity (Wildman–Crippen MR) is 78.4 cm³/mol. The van der Waals surface area contributed by atoms with Crippen LogP contribution in [0.2, 0.25) is 0 Å². The van der Waals surface area contributed by atoms with Crippen molar-refractivity contribution >= 4 is 11.6 Å². The van der Waals surface area contributed by atoms with Crippen molar-refractivity contribution in [3.05, 3.63) is 59.2 Å². The number of hydrogen-bond donors (Lipinski definition) is 2. The zero-order valence-corrected chi connectivity index (χ0v) is 10.6. The molecular weight excluding hydrogens is 250 g/mol. The molecule has 0 atom stereocenters. The number of benzene rings is 2. The largest absolute Gasteiger partial charge is 0.506 e. The number of nitrogens with one attached hydrogen (secondary N) is 1. The van der Waals surface area contributed by atoms with Gasteiger partial charge in [-0.2, -0.15) is 0 Å². The highest BCUT2D eigenvalue weighted by molar-refractivity contribution is 6.06. The van der Waals surface area contributed by atoms with Gasteiger partial charge < -0.3 is 10.4 Å². The van der Waals surface area contributed by atoms with Gasteiger partial charge in [-0.25, -0.2) is 0 Å². The summed E-state index contributed by atoms with van der Waals surface area (Å²) in [7, 11) is 0. The molecule has 0 saturated carbocycles. The fourth-order valence-corrected chi connectivity index (χ4v) is 1.72. The van der Waals surface area contributed by atoms with Gasteiger partial charge in [-0.15, -0.1) is 12.8 Å². The van der Waals surface area contributed by atoms with E-state index in [0.29, 0.717) is 22.4 Å². The smallest absolute Gasteiger partial charge is 0.257 e. The molecule has 3 nitrogen and oxygen atoms in total. The standard InChI is InChI=1S/C17H11NO2/c1-3-12-9-10-13(4-2)14(11-12)17(20)18-15-7-5-6-8-16(15)19/h1-2,5-11,19H,(H,18,20). The summed E-state index contributed by atoms with van der Waals surface area (Å²) in [5.41, 5.74) is 1.61. The van der Waals surface area contributed by atoms with Gasteiger partial charge in [0, 0.05) is 11.1 Å². The SMILES string of the molecule is C#Cc1ccc(C#C)c(C(=O)Nc2ccccc2O)c1. The monoisotopic (exact) mass is 261 g/mol. The first-order valence-electron chi connectivity index (χ1n) is 5.82. The maximum Gasteiger partial charge on any atom is 0.257 e. The number of anilines is 1. The molecule has 2 aromatic rings. The fourth-order valence-electron chi connectivity index (χ4n) is 1.72. The zero-order chi connectivity index (χ0) is 14.5. The van der Waals surface area contributed by atoms with Crippen molar-refractivity contribution in [3.8, 4) is 30.4 Å². The molecule has 20 heavy (non-hydrogen) atoms. The molecule has 0 aliphatic carbocycles. The summed E-state index contributed by atoms with van der Waals surface area (Å²) in [6.45, 7) is 0. The number of phenols is 1. The molecule has 0 unspecified atom stereocenters. The molecule has 2 N–H and O–H groups in total. The summed E-state index contributed by atoms with van der Waals surface area (Å²) in [6, 6.07) is 11.3. The first-order valence-corrected chi connectivity index (χ1v) is 5.82. The van der Waals surface area contributed by atoms with Gasteiger partial charge in [0.05, 0.1) is 11.3 Å². The Hall–Kier alpha value is -3.17. The van der Waals surface area contributed by atoms with Crippen LogP contribution in [-0.2, 0) is 0 Å². The van der Waals surface area contributed by atoms with Gasteiger partial charge >= 0.3 is 0 Å². The van der Waals surface area contributed by atoms with E-state index in [2.05, 4.69) is 17.2 Å². The predicted octanol–water partition coefficient (Wildman–Crippen LogP) is 2.61. The Balaban J connectivity index is 2.37. The summed E-state index contributed by atoms with van der Waals surface area (Å²) in [5.74, 6) is 4.45. The van der Waals surface area contributed by atoms with E-state index < -0.39 is 5.91 Å². The van der Waals surface area contributed by atoms with Crippen LogP contribution >= 0.6 is 0 Å². The molecule has 0 spiro atoms. The number of phenolic OH excluding ortho intramolecular Hbond substituents is 1. The van der Waals surface area contributed by atoms with Crippen LogP contribution < -0.4 is 5.32 Å². The van der Waals surface area contributed by atoms with Gasteiger partial charge in [0.1, 0.15) is 5.75 Å². The van der Waals surface area contributed by atoms with E-state index in [-0.39, 0.29) is 5.75 Å². The Morgan fingerprint density at radius 1 is 1.10 bits per heavy atom. The fraction of sp³-hybridized carbons (Fsp3) is 0. The topological polar surface area (TPSA) is 49.3 Å². The number of hydrogen-bond acceptors (Lipinski definition) is 2. The molecule has 3 heteroatoms. The number of para-hydroxylation sites is 2. The molecule has 0 saturated heterocycles. The molecule has 0 bridgehead atoms. The third-order valence-electron chi connectivity index (χ3n) is 2.74. The van der Waals surface area contributed by atoms with Gasteiger partial charge in [0.15, 0.2) is 0 Å². The van der Waals surface area contributed by atoms with E-state index in [1.54, 1.807) is 36.4 Å². The van der Waals surface area contributed by atoms with Crippen LogP contribution in [0.4, 0.5) is 5.69 Å². The Morgan fingerprint density at radius 2 is 1.85 bits per heavy atom. The number of carbonyl (C=O) groups is 1. The molecule has 96 valence electrons. The van der Waals surface area contributed by atoms with E-state index in [1.807, 2.05) is 0 Å². The Labute approximate surface area is 117 Å². The van der Waals surface area contributed by atoms with Gasteiger partial charge in [-0.3, -0.25) is 4.79 Å². The highest BCUT2D eigenvalue weighted by atomic mass is 16.3. The summed E-state index contributed by atoms with van der Waals surface area (Å²) in [4.78, 5) is 12.2. The third kappa shape index (κ3) is 2.63. The quantitative estimate of drug-likeness (QED) is 0.645. The van der Waals surface area contributed by atoms with Gasteiger partial charge in [0.2, 0.25) is 0 Å². The molecule has 0 aliphatic rings. The van der Waals surface area contributed by atoms with Crippen LogP contribution in [-0.4, -0.2) is 11.0 Å². The van der Waals surface area contributed by atoms with Crippen LogP contribution in [0.15, 0.2) is 42.5 Å². The maximum absolute atomic E-state index is 12.2. The molecule has 1 amide bonds. The van der Waals surface area contributed by atoms with E-state index in [4.69, 9.17) is 12.8 Å². The second kappa shape index (κ2) is 5.65. The van der Waals surface area contributed by atoms with Crippen molar-refractivity contribution in [3.63, 3.8) is 0 Å². The Morgan fingerprint density at radius 3 is 2.50 bits per heavy atom. The first kappa shape index (κ1) is 13.3. The second-order valence-corrected chi connectivity index (χ2v) is 4.02. The van der Waals surface area contributed by atoms with Crippen LogP contribution in [0.1, 0.15) is 21.5 Å². The molecule has 0 fully saturated rings. The summed E-state index contributed by atoms with van der Waals surface area (Å²) in [5, 5.41) is 12.2. The number of terminal acetylenes is 2. The first-order chi connectivity index (χ1) is 9.65. The molecule has 0 aromatic heterocycles. The van der Waals surface area contributed by atoms with Gasteiger partial charge in [-0.05, 0) is 30.3 Å². The van der Waals surface area contributed by atoms with Crippen molar-refractivity contribution in [1.82, 2.24) is 0 Å². The van der Waals surface area contributed by atoms with Crippen molar-refractivity contribution in [2.45, 2.75) is 0 Å². The summed E-state index contributed by atoms with van der Waals surface area (Å²) in [6.07, 6.45) is 10.7. The van der Waals surface area contributed by atoms with Crippen molar-refractivity contribution in [2.24, 2.45) is 0 Å². The third-order valence-corrected chi connectivity index (χ3v) is 2.74. The van der Waals surface area contributed by atoms with Crippen molar-refractivity contribution in [1.29, 1.82) is 0 Å². The molecule has 0 radical (unpaired) electrons. The molecule has 0 aliphatic heterocycles. The second-order valence-electron chi connectivity index (χ2n) is 4.02. The van der Waals surface area contributed by atoms with Crippen LogP contribution in [0, 0.1) is 24.7 Å². The molecular formula is C17H11NO2. The molecule has 2 aromatic carbocycles. The highest BCUT2D eigenvalue weighted by Gasteiger charge is 2.12. The summed E-state index contributed by atoms with van der Waals surface area (Å²) >= 11 is 0. The molecule has 0 heterocycles. The molecule has 2 rings (SSSR count). The number of aromatic hydroxyl groups is 1. The zero-order valence-electron chi connectivity index (χ0n) is 10.6. The minimum absolute atomic E-state index is 0.0174. The minimum Gasteiger partial charge on any atom is -0.506 e. The summed E-state index contributed by atoms with van der Waals surface area (Å²) < 4.78 is 0. The Bertz CT molecular complexity index is 748. The lowest BCUT2D eigenvalue weighted by Crippen LogP contribution is -2.14. The average Bonchev–Trinajstić information content (AvgIpc) is 2.48. The van der Waals surface area contributed by atoms with Crippen molar-refractivity contribution in [2.75, 3.05) is 5.32 Å².